The fraction of sp³-hybridized carbons (Fsp3) is 0.0526. The number of carbonyl (C=O) groups excluding carboxylic acids is 1. The molecule has 1 aromatic carbocycles. The van der Waals surface area contributed by atoms with Gasteiger partial charge in [-0.25, -0.2) is 14.1 Å². The number of nitrogens with one attached hydrogen (secondary N) is 1. The molecule has 0 atom stereocenters. The fourth-order valence-electron chi connectivity index (χ4n) is 2.94. The summed E-state index contributed by atoms with van der Waals surface area (Å²) in [6.45, 7) is 0. The first-order valence-corrected chi connectivity index (χ1v) is 9.26. The number of para-hydroxylation sites is 1. The minimum atomic E-state index is -5.08. The summed E-state index contributed by atoms with van der Waals surface area (Å²) in [6.07, 6.45) is -0.613. The minimum Gasteiger partial charge on any atom is -0.320 e. The Kier molecular flexibility index (Phi) is 5.52. The maximum absolute atomic E-state index is 14.2. The SMILES string of the molecule is N#Cc1cc(NC(=O)c2cnn(-c3c(F)cccc3Cl)c2C(F)(F)F)cnc1-n1nccn1. The molecule has 0 bridgehead atoms. The number of alkyl halides is 3. The van der Waals surface area contributed by atoms with E-state index in [0.717, 1.165) is 17.1 Å². The van der Waals surface area contributed by atoms with Crippen LogP contribution in [0.15, 0.2) is 49.1 Å². The average Bonchev–Trinajstić information content (AvgIpc) is 3.43. The number of halogens is 5. The number of anilines is 1. The molecule has 0 aliphatic rings. The van der Waals surface area contributed by atoms with Crippen molar-refractivity contribution < 1.29 is 22.4 Å². The first-order chi connectivity index (χ1) is 15.7. The van der Waals surface area contributed by atoms with Crippen LogP contribution in [-0.2, 0) is 6.18 Å². The monoisotopic (exact) mass is 476 g/mol. The zero-order valence-electron chi connectivity index (χ0n) is 16.0. The lowest BCUT2D eigenvalue weighted by atomic mass is 10.2. The summed E-state index contributed by atoms with van der Waals surface area (Å²) < 4.78 is 56.0. The lowest BCUT2D eigenvalue weighted by Gasteiger charge is -2.14. The first-order valence-electron chi connectivity index (χ1n) is 8.88. The summed E-state index contributed by atoms with van der Waals surface area (Å²) in [6, 6.07) is 6.35. The van der Waals surface area contributed by atoms with E-state index in [1.165, 1.54) is 30.6 Å². The second-order valence-corrected chi connectivity index (χ2v) is 6.77. The quantitative estimate of drug-likeness (QED) is 0.448. The summed E-state index contributed by atoms with van der Waals surface area (Å²) in [5.41, 5.74) is -3.20. The zero-order chi connectivity index (χ0) is 23.8. The van der Waals surface area contributed by atoms with Crippen LogP contribution in [-0.4, -0.2) is 35.7 Å². The van der Waals surface area contributed by atoms with Crippen molar-refractivity contribution in [2.24, 2.45) is 0 Å². The minimum absolute atomic E-state index is 0.0473. The zero-order valence-corrected chi connectivity index (χ0v) is 16.8. The number of benzene rings is 1. The van der Waals surface area contributed by atoms with Crippen molar-refractivity contribution in [2.75, 3.05) is 5.32 Å². The predicted octanol–water partition coefficient (Wildman–Crippen LogP) is 3.78. The topological polar surface area (TPSA) is 114 Å². The van der Waals surface area contributed by atoms with Gasteiger partial charge < -0.3 is 5.32 Å². The number of pyridine rings is 1. The molecule has 4 rings (SSSR count). The van der Waals surface area contributed by atoms with Crippen LogP contribution >= 0.6 is 11.6 Å². The van der Waals surface area contributed by atoms with Gasteiger partial charge in [0.2, 0.25) is 0 Å². The molecule has 0 fully saturated rings. The van der Waals surface area contributed by atoms with Crippen LogP contribution in [0.4, 0.5) is 23.2 Å². The lowest BCUT2D eigenvalue weighted by molar-refractivity contribution is -0.143. The van der Waals surface area contributed by atoms with E-state index in [-0.39, 0.29) is 26.8 Å². The summed E-state index contributed by atoms with van der Waals surface area (Å²) in [7, 11) is 0. The van der Waals surface area contributed by atoms with E-state index in [1.807, 2.05) is 6.07 Å². The maximum Gasteiger partial charge on any atom is 0.434 e. The van der Waals surface area contributed by atoms with Gasteiger partial charge in [-0.2, -0.15) is 33.7 Å². The second-order valence-electron chi connectivity index (χ2n) is 6.37. The van der Waals surface area contributed by atoms with E-state index in [4.69, 9.17) is 11.6 Å². The summed E-state index contributed by atoms with van der Waals surface area (Å²) in [5, 5.41) is 22.5. The van der Waals surface area contributed by atoms with Gasteiger partial charge in [-0.05, 0) is 18.2 Å². The number of carbonyl (C=O) groups is 1. The van der Waals surface area contributed by atoms with Gasteiger partial charge >= 0.3 is 6.18 Å². The molecule has 1 amide bonds. The molecule has 3 heterocycles. The fourth-order valence-corrected chi connectivity index (χ4v) is 3.18. The molecule has 4 aromatic rings. The highest BCUT2D eigenvalue weighted by molar-refractivity contribution is 6.32. The molecular weight excluding hydrogens is 468 g/mol. The van der Waals surface area contributed by atoms with Crippen LogP contribution in [0.1, 0.15) is 21.6 Å². The van der Waals surface area contributed by atoms with E-state index in [2.05, 4.69) is 25.6 Å². The Morgan fingerprint density at radius 3 is 2.52 bits per heavy atom. The number of rotatable bonds is 4. The maximum atomic E-state index is 14.2. The van der Waals surface area contributed by atoms with E-state index >= 15 is 0 Å². The summed E-state index contributed by atoms with van der Waals surface area (Å²) in [4.78, 5) is 17.7. The predicted molar refractivity (Wildman–Crippen MR) is 105 cm³/mol. The van der Waals surface area contributed by atoms with Crippen LogP contribution in [0.25, 0.3) is 11.5 Å². The highest BCUT2D eigenvalue weighted by Gasteiger charge is 2.41. The molecule has 0 aliphatic carbocycles. The standard InChI is InChI=1S/C19H9ClF4N8O/c20-13-2-1-3-14(21)15(13)31-16(19(22,23)24)12(9-29-31)18(33)30-11-6-10(7-25)17(26-8-11)32-27-4-5-28-32/h1-6,8-9H,(H,30,33). The molecule has 1 N–H and O–H groups in total. The number of hydrogen-bond donors (Lipinski definition) is 1. The summed E-state index contributed by atoms with van der Waals surface area (Å²) >= 11 is 5.88. The second kappa shape index (κ2) is 8.32. The van der Waals surface area contributed by atoms with E-state index in [1.54, 1.807) is 0 Å². The Morgan fingerprint density at radius 2 is 1.88 bits per heavy atom. The van der Waals surface area contributed by atoms with Gasteiger partial charge in [-0.1, -0.05) is 17.7 Å². The van der Waals surface area contributed by atoms with Crippen LogP contribution in [0.5, 0.6) is 0 Å². The molecule has 0 aliphatic heterocycles. The van der Waals surface area contributed by atoms with Gasteiger partial charge in [0.05, 0.1) is 41.1 Å². The molecule has 0 unspecified atom stereocenters. The van der Waals surface area contributed by atoms with Gasteiger partial charge in [-0.15, -0.1) is 4.80 Å². The van der Waals surface area contributed by atoms with Gasteiger partial charge in [0, 0.05) is 0 Å². The van der Waals surface area contributed by atoms with E-state index < -0.39 is 34.8 Å². The molecule has 0 saturated carbocycles. The smallest absolute Gasteiger partial charge is 0.320 e. The van der Waals surface area contributed by atoms with Gasteiger partial charge in [0.25, 0.3) is 5.91 Å². The average molecular weight is 477 g/mol. The number of amides is 1. The Morgan fingerprint density at radius 1 is 1.15 bits per heavy atom. The first kappa shape index (κ1) is 21.9. The van der Waals surface area contributed by atoms with Crippen molar-refractivity contribution in [3.8, 4) is 17.6 Å². The Hall–Kier alpha value is -4.31. The largest absolute Gasteiger partial charge is 0.434 e. The van der Waals surface area contributed by atoms with Crippen molar-refractivity contribution in [3.63, 3.8) is 0 Å². The van der Waals surface area contributed by atoms with Crippen molar-refractivity contribution in [1.82, 2.24) is 29.8 Å². The van der Waals surface area contributed by atoms with E-state index in [9.17, 15) is 27.6 Å². The molecule has 0 spiro atoms. The normalized spacial score (nSPS) is 11.3. The molecule has 0 saturated heterocycles. The third-order valence-electron chi connectivity index (χ3n) is 4.28. The molecule has 166 valence electrons. The van der Waals surface area contributed by atoms with Crippen LogP contribution in [0.3, 0.4) is 0 Å². The molecule has 9 nitrogen and oxygen atoms in total. The highest BCUT2D eigenvalue weighted by atomic mass is 35.5. The van der Waals surface area contributed by atoms with Crippen LogP contribution < -0.4 is 5.32 Å². The number of aromatic nitrogens is 6. The molecule has 0 radical (unpaired) electrons. The molecular formula is C19H9ClF4N8O. The Balaban J connectivity index is 1.73. The lowest BCUT2D eigenvalue weighted by Crippen LogP contribution is -2.21. The third-order valence-corrected chi connectivity index (χ3v) is 4.59. The van der Waals surface area contributed by atoms with Gasteiger partial charge in [-0.3, -0.25) is 4.79 Å². The molecule has 3 aromatic heterocycles. The van der Waals surface area contributed by atoms with Crippen LogP contribution in [0, 0.1) is 17.1 Å². The van der Waals surface area contributed by atoms with Crippen molar-refractivity contribution in [2.45, 2.75) is 6.18 Å². The Labute approximate surface area is 186 Å². The third kappa shape index (κ3) is 4.11. The van der Waals surface area contributed by atoms with Gasteiger partial charge in [0.15, 0.2) is 11.5 Å². The van der Waals surface area contributed by atoms with Crippen molar-refractivity contribution in [3.05, 3.63) is 76.7 Å². The number of hydrogen-bond acceptors (Lipinski definition) is 6. The van der Waals surface area contributed by atoms with Gasteiger partial charge in [0.1, 0.15) is 23.1 Å². The van der Waals surface area contributed by atoms with Crippen LogP contribution in [0.2, 0.25) is 5.02 Å². The Bertz CT molecular complexity index is 1370. The van der Waals surface area contributed by atoms with E-state index in [0.29, 0.717) is 6.20 Å². The van der Waals surface area contributed by atoms with Crippen molar-refractivity contribution >= 4 is 23.2 Å². The molecule has 14 heteroatoms. The molecule has 33 heavy (non-hydrogen) atoms. The number of nitrogens with zero attached hydrogens (tertiary/aromatic N) is 7. The van der Waals surface area contributed by atoms with Crippen molar-refractivity contribution in [1.29, 1.82) is 5.26 Å². The highest BCUT2D eigenvalue weighted by Crippen LogP contribution is 2.36. The number of nitriles is 1. The summed E-state index contributed by atoms with van der Waals surface area (Å²) in [5.74, 6) is -2.22.